The smallest absolute Gasteiger partial charge is 0.143 e. The topological polar surface area (TPSA) is 40.6 Å². The average Bonchev–Trinajstić information content (AvgIpc) is 2.74. The van der Waals surface area contributed by atoms with E-state index in [1.165, 1.54) is 0 Å². The quantitative estimate of drug-likeness (QED) is 0.739. The van der Waals surface area contributed by atoms with Gasteiger partial charge in [0.2, 0.25) is 0 Å². The molecule has 7 atom stereocenters. The van der Waals surface area contributed by atoms with Gasteiger partial charge >= 0.3 is 0 Å². The molecule has 1 spiro atoms. The normalized spacial score (nSPS) is 48.1. The van der Waals surface area contributed by atoms with E-state index in [1.54, 1.807) is 0 Å². The predicted octanol–water partition coefficient (Wildman–Crippen LogP) is 3.50. The molecule has 4 nitrogen and oxygen atoms in total. The molecule has 4 heteroatoms. The van der Waals surface area contributed by atoms with E-state index in [0.717, 1.165) is 58.0 Å². The minimum absolute atomic E-state index is 0.0919. The SMILES string of the molecule is CN(C)C[C@@H]1CC[C@]2(C)[C@H](CC[C@]34C[C@](C)(CC[C@@H]23)C(=O)[C@H]4CN(C)C)C1=O. The average molecular weight is 389 g/mol. The molecule has 4 aliphatic rings. The largest absolute Gasteiger partial charge is 0.309 e. The Morgan fingerprint density at radius 1 is 0.893 bits per heavy atom. The Hall–Kier alpha value is -0.740. The molecule has 0 aromatic rings. The van der Waals surface area contributed by atoms with Crippen molar-refractivity contribution < 1.29 is 9.59 Å². The molecule has 0 amide bonds. The van der Waals surface area contributed by atoms with Gasteiger partial charge in [0, 0.05) is 36.3 Å². The zero-order chi connectivity index (χ0) is 20.5. The minimum Gasteiger partial charge on any atom is -0.309 e. The standard InChI is InChI=1S/C24H40N2O2/c1-22-10-9-19-23(2)11-7-16(13-25(3)4)20(27)17(23)8-12-24(19,15-22)18(21(22)28)14-26(5)6/h16-19H,7-15H2,1-6H3/t16-,17+,18+,19-,22-,23+,24+/m0/s1. The lowest BCUT2D eigenvalue weighted by molar-refractivity contribution is -0.161. The van der Waals surface area contributed by atoms with Crippen molar-refractivity contribution >= 4 is 11.6 Å². The van der Waals surface area contributed by atoms with Crippen molar-refractivity contribution in [2.75, 3.05) is 41.3 Å². The van der Waals surface area contributed by atoms with E-state index in [9.17, 15) is 9.59 Å². The molecule has 0 heterocycles. The van der Waals surface area contributed by atoms with E-state index in [2.05, 4.69) is 51.8 Å². The Morgan fingerprint density at radius 2 is 1.57 bits per heavy atom. The Kier molecular flexibility index (Phi) is 4.86. The maximum atomic E-state index is 13.5. The highest BCUT2D eigenvalue weighted by Crippen LogP contribution is 2.72. The molecule has 0 unspecified atom stereocenters. The second-order valence-corrected chi connectivity index (χ2v) is 11.7. The van der Waals surface area contributed by atoms with Crippen molar-refractivity contribution in [2.24, 2.45) is 39.9 Å². The van der Waals surface area contributed by atoms with Crippen molar-refractivity contribution in [3.63, 3.8) is 0 Å². The van der Waals surface area contributed by atoms with Gasteiger partial charge in [0.1, 0.15) is 11.6 Å². The van der Waals surface area contributed by atoms with Crippen LogP contribution in [0.3, 0.4) is 0 Å². The van der Waals surface area contributed by atoms with E-state index in [-0.39, 0.29) is 34.0 Å². The van der Waals surface area contributed by atoms with Crippen LogP contribution in [0.15, 0.2) is 0 Å². The highest BCUT2D eigenvalue weighted by Gasteiger charge is 2.70. The van der Waals surface area contributed by atoms with Crippen LogP contribution in [0.1, 0.15) is 58.8 Å². The highest BCUT2D eigenvalue weighted by atomic mass is 16.1. The molecule has 0 aromatic carbocycles. The number of hydrogen-bond donors (Lipinski definition) is 0. The number of ketones is 2. The van der Waals surface area contributed by atoms with Crippen LogP contribution in [0.25, 0.3) is 0 Å². The van der Waals surface area contributed by atoms with Gasteiger partial charge < -0.3 is 9.80 Å². The summed E-state index contributed by atoms with van der Waals surface area (Å²) in [5, 5.41) is 0. The first kappa shape index (κ1) is 20.5. The molecule has 4 rings (SSSR count). The van der Waals surface area contributed by atoms with Crippen LogP contribution in [0.2, 0.25) is 0 Å². The summed E-state index contributed by atoms with van der Waals surface area (Å²) in [5.41, 5.74) is 0.107. The molecule has 0 aromatic heterocycles. The fourth-order valence-corrected chi connectivity index (χ4v) is 8.33. The van der Waals surface area contributed by atoms with Crippen LogP contribution in [0.5, 0.6) is 0 Å². The summed E-state index contributed by atoms with van der Waals surface area (Å²) in [6.45, 7) is 6.42. The van der Waals surface area contributed by atoms with Crippen LogP contribution in [0, 0.1) is 39.9 Å². The number of rotatable bonds is 4. The van der Waals surface area contributed by atoms with E-state index < -0.39 is 0 Å². The van der Waals surface area contributed by atoms with Gasteiger partial charge in [-0.15, -0.1) is 0 Å². The van der Waals surface area contributed by atoms with Gasteiger partial charge in [-0.2, -0.15) is 0 Å². The fraction of sp³-hybridized carbons (Fsp3) is 0.917. The van der Waals surface area contributed by atoms with Gasteiger partial charge in [-0.3, -0.25) is 9.59 Å². The predicted molar refractivity (Wildman–Crippen MR) is 112 cm³/mol. The van der Waals surface area contributed by atoms with E-state index in [4.69, 9.17) is 0 Å². The summed E-state index contributed by atoms with van der Waals surface area (Å²) < 4.78 is 0. The molecule has 0 saturated heterocycles. The molecule has 0 N–H and O–H groups in total. The first-order valence-corrected chi connectivity index (χ1v) is 11.4. The zero-order valence-electron chi connectivity index (χ0n) is 18.9. The first-order chi connectivity index (χ1) is 13.0. The van der Waals surface area contributed by atoms with Crippen molar-refractivity contribution in [2.45, 2.75) is 58.8 Å². The Bertz CT molecular complexity index is 674. The number of fused-ring (bicyclic) bond motifs is 3. The van der Waals surface area contributed by atoms with E-state index in [0.29, 0.717) is 17.5 Å². The van der Waals surface area contributed by atoms with Crippen LogP contribution in [-0.4, -0.2) is 62.6 Å². The summed E-state index contributed by atoms with van der Waals surface area (Å²) in [4.78, 5) is 31.3. The molecule has 4 fully saturated rings. The maximum Gasteiger partial charge on any atom is 0.143 e. The summed E-state index contributed by atoms with van der Waals surface area (Å²) >= 11 is 0. The second kappa shape index (κ2) is 6.63. The monoisotopic (exact) mass is 388 g/mol. The number of carbonyl (C=O) groups excluding carboxylic acids is 2. The summed E-state index contributed by atoms with van der Waals surface area (Å²) in [6.07, 6.45) is 7.51. The Morgan fingerprint density at radius 3 is 2.21 bits per heavy atom. The fourth-order valence-electron chi connectivity index (χ4n) is 8.33. The van der Waals surface area contributed by atoms with Crippen molar-refractivity contribution in [1.82, 2.24) is 9.80 Å². The molecule has 158 valence electrons. The Labute approximate surface area is 171 Å². The van der Waals surface area contributed by atoms with Gasteiger partial charge in [0.15, 0.2) is 0 Å². The van der Waals surface area contributed by atoms with Gasteiger partial charge in [-0.05, 0) is 89.9 Å². The summed E-state index contributed by atoms with van der Waals surface area (Å²) in [6, 6.07) is 0. The van der Waals surface area contributed by atoms with Gasteiger partial charge in [0.25, 0.3) is 0 Å². The molecule has 0 radical (unpaired) electrons. The molecule has 4 saturated carbocycles. The maximum absolute atomic E-state index is 13.5. The number of hydrogen-bond acceptors (Lipinski definition) is 4. The highest BCUT2D eigenvalue weighted by molar-refractivity contribution is 5.91. The van der Waals surface area contributed by atoms with Crippen LogP contribution < -0.4 is 0 Å². The van der Waals surface area contributed by atoms with Crippen LogP contribution in [0.4, 0.5) is 0 Å². The van der Waals surface area contributed by atoms with E-state index in [1.807, 2.05) is 0 Å². The van der Waals surface area contributed by atoms with Crippen LogP contribution >= 0.6 is 0 Å². The van der Waals surface area contributed by atoms with Crippen molar-refractivity contribution in [1.29, 1.82) is 0 Å². The third-order valence-corrected chi connectivity index (χ3v) is 9.40. The van der Waals surface area contributed by atoms with E-state index >= 15 is 0 Å². The summed E-state index contributed by atoms with van der Waals surface area (Å²) in [7, 11) is 8.36. The van der Waals surface area contributed by atoms with Crippen LogP contribution in [-0.2, 0) is 9.59 Å². The lowest BCUT2D eigenvalue weighted by Gasteiger charge is -2.61. The lowest BCUT2D eigenvalue weighted by Crippen LogP contribution is -2.58. The molecule has 28 heavy (non-hydrogen) atoms. The molecular weight excluding hydrogens is 348 g/mol. The molecule has 0 aliphatic heterocycles. The van der Waals surface area contributed by atoms with Crippen molar-refractivity contribution in [3.8, 4) is 0 Å². The van der Waals surface area contributed by atoms with Crippen molar-refractivity contribution in [3.05, 3.63) is 0 Å². The van der Waals surface area contributed by atoms with Gasteiger partial charge in [-0.25, -0.2) is 0 Å². The first-order valence-electron chi connectivity index (χ1n) is 11.4. The third-order valence-electron chi connectivity index (χ3n) is 9.40. The molecule has 4 aliphatic carbocycles. The Balaban J connectivity index is 1.68. The summed E-state index contributed by atoms with van der Waals surface area (Å²) in [5.74, 6) is 2.16. The second-order valence-electron chi connectivity index (χ2n) is 11.7. The number of carbonyl (C=O) groups is 2. The molecule has 2 bridgehead atoms. The number of nitrogens with zero attached hydrogens (tertiary/aromatic N) is 2. The zero-order valence-corrected chi connectivity index (χ0v) is 18.9. The minimum atomic E-state index is -0.119. The third kappa shape index (κ3) is 2.77. The lowest BCUT2D eigenvalue weighted by atomic mass is 9.42. The van der Waals surface area contributed by atoms with Gasteiger partial charge in [0.05, 0.1) is 0 Å². The number of Topliss-reactive ketones (excluding diaryl/α,β-unsaturated/α-hetero) is 2. The van der Waals surface area contributed by atoms with Gasteiger partial charge in [-0.1, -0.05) is 13.8 Å². The molecular formula is C24H40N2O2.